The summed E-state index contributed by atoms with van der Waals surface area (Å²) in [7, 11) is 0. The Bertz CT molecular complexity index is 1150. The minimum atomic E-state index is -0.136. The average molecular weight is 375 g/mol. The van der Waals surface area contributed by atoms with Crippen molar-refractivity contribution in [3.63, 3.8) is 0 Å². The number of nitrogens with one attached hydrogen (secondary N) is 1. The van der Waals surface area contributed by atoms with E-state index >= 15 is 0 Å². The van der Waals surface area contributed by atoms with Crippen molar-refractivity contribution in [3.05, 3.63) is 53.2 Å². The third-order valence-electron chi connectivity index (χ3n) is 4.75. The molecule has 8 heteroatoms. The third kappa shape index (κ3) is 3.13. The van der Waals surface area contributed by atoms with Gasteiger partial charge in [-0.3, -0.25) is 0 Å². The summed E-state index contributed by atoms with van der Waals surface area (Å²) < 4.78 is 5.40. The lowest BCUT2D eigenvalue weighted by Gasteiger charge is -2.19. The monoisotopic (exact) mass is 375 g/mol. The maximum absolute atomic E-state index is 5.68. The maximum Gasteiger partial charge on any atom is 0.227 e. The van der Waals surface area contributed by atoms with Crippen LogP contribution in [0.4, 0.5) is 11.9 Å². The van der Waals surface area contributed by atoms with Crippen LogP contribution in [0.3, 0.4) is 0 Å². The van der Waals surface area contributed by atoms with E-state index in [1.165, 1.54) is 6.33 Å². The van der Waals surface area contributed by atoms with E-state index in [1.54, 1.807) is 0 Å². The molecule has 0 radical (unpaired) electrons. The Morgan fingerprint density at radius 3 is 2.64 bits per heavy atom. The normalized spacial score (nSPS) is 12.3. The van der Waals surface area contributed by atoms with E-state index < -0.39 is 0 Å². The number of rotatable bonds is 4. The van der Waals surface area contributed by atoms with Crippen LogP contribution in [-0.4, -0.2) is 25.1 Å². The topological polar surface area (TPSA) is 116 Å². The van der Waals surface area contributed by atoms with Crippen LogP contribution in [0.2, 0.25) is 0 Å². The van der Waals surface area contributed by atoms with E-state index in [0.717, 1.165) is 44.7 Å². The second-order valence-corrected chi connectivity index (χ2v) is 6.81. The molecule has 4 aromatic rings. The zero-order valence-electron chi connectivity index (χ0n) is 16.2. The molecule has 4 rings (SSSR count). The summed E-state index contributed by atoms with van der Waals surface area (Å²) in [5.41, 5.74) is 11.3. The SMILES string of the molecule is Cc1noc(C)c1-c1nc2c(C)cccc2cc1[C@H](C)Nc1ncnc(N)n1. The fraction of sp³-hybridized carbons (Fsp3) is 0.250. The summed E-state index contributed by atoms with van der Waals surface area (Å²) in [6.07, 6.45) is 1.38. The Morgan fingerprint density at radius 1 is 1.11 bits per heavy atom. The summed E-state index contributed by atoms with van der Waals surface area (Å²) in [5.74, 6) is 1.31. The van der Waals surface area contributed by atoms with E-state index in [-0.39, 0.29) is 12.0 Å². The second kappa shape index (κ2) is 6.88. The Kier molecular flexibility index (Phi) is 4.38. The van der Waals surface area contributed by atoms with Crippen LogP contribution in [0.15, 0.2) is 35.1 Å². The molecule has 3 heterocycles. The van der Waals surface area contributed by atoms with Crippen molar-refractivity contribution in [2.75, 3.05) is 11.1 Å². The maximum atomic E-state index is 5.68. The van der Waals surface area contributed by atoms with Gasteiger partial charge in [-0.1, -0.05) is 23.4 Å². The Morgan fingerprint density at radius 2 is 1.93 bits per heavy atom. The number of hydrogen-bond acceptors (Lipinski definition) is 8. The number of aryl methyl sites for hydroxylation is 3. The van der Waals surface area contributed by atoms with Gasteiger partial charge in [-0.05, 0) is 39.3 Å². The van der Waals surface area contributed by atoms with Gasteiger partial charge in [-0.25, -0.2) is 15.0 Å². The highest BCUT2D eigenvalue weighted by atomic mass is 16.5. The number of para-hydroxylation sites is 1. The second-order valence-electron chi connectivity index (χ2n) is 6.81. The largest absolute Gasteiger partial charge is 0.368 e. The van der Waals surface area contributed by atoms with Crippen molar-refractivity contribution in [1.29, 1.82) is 0 Å². The fourth-order valence-corrected chi connectivity index (χ4v) is 3.36. The number of hydrogen-bond donors (Lipinski definition) is 2. The predicted octanol–water partition coefficient (Wildman–Crippen LogP) is 3.76. The number of benzene rings is 1. The summed E-state index contributed by atoms with van der Waals surface area (Å²) in [6, 6.07) is 8.15. The number of nitrogen functional groups attached to an aromatic ring is 1. The molecule has 0 saturated heterocycles. The van der Waals surface area contributed by atoms with Gasteiger partial charge in [-0.15, -0.1) is 0 Å². The lowest BCUT2D eigenvalue weighted by atomic mass is 9.97. The van der Waals surface area contributed by atoms with Gasteiger partial charge < -0.3 is 15.6 Å². The molecule has 0 aliphatic heterocycles. The average Bonchev–Trinajstić information content (AvgIpc) is 2.99. The van der Waals surface area contributed by atoms with Crippen molar-refractivity contribution in [2.45, 2.75) is 33.7 Å². The number of nitrogens with two attached hydrogens (primary N) is 1. The molecule has 0 aliphatic rings. The van der Waals surface area contributed by atoms with Crippen LogP contribution < -0.4 is 11.1 Å². The standard InChI is InChI=1S/C20H21N7O/c1-10-6-5-7-14-8-15(11(2)24-20-23-9-22-19(21)26-20)18(25-17(10)14)16-12(3)27-28-13(16)4/h5-9,11H,1-4H3,(H3,21,22,23,24,26)/t11-/m0/s1. The van der Waals surface area contributed by atoms with E-state index in [0.29, 0.717) is 5.95 Å². The Hall–Kier alpha value is -3.55. The number of nitrogens with zero attached hydrogens (tertiary/aromatic N) is 5. The van der Waals surface area contributed by atoms with Gasteiger partial charge in [0, 0.05) is 10.9 Å². The molecular weight excluding hydrogens is 354 g/mol. The minimum Gasteiger partial charge on any atom is -0.368 e. The zero-order chi connectivity index (χ0) is 19.8. The van der Waals surface area contributed by atoms with Crippen LogP contribution >= 0.6 is 0 Å². The highest BCUT2D eigenvalue weighted by Gasteiger charge is 2.22. The first-order valence-electron chi connectivity index (χ1n) is 8.98. The highest BCUT2D eigenvalue weighted by molar-refractivity contribution is 5.86. The number of aromatic nitrogens is 5. The van der Waals surface area contributed by atoms with Crippen molar-refractivity contribution in [1.82, 2.24) is 25.1 Å². The summed E-state index contributed by atoms with van der Waals surface area (Å²) in [6.45, 7) is 7.90. The first-order chi connectivity index (χ1) is 13.4. The smallest absolute Gasteiger partial charge is 0.227 e. The van der Waals surface area contributed by atoms with Crippen LogP contribution in [0.5, 0.6) is 0 Å². The first-order valence-corrected chi connectivity index (χ1v) is 8.98. The molecule has 28 heavy (non-hydrogen) atoms. The third-order valence-corrected chi connectivity index (χ3v) is 4.75. The molecule has 0 bridgehead atoms. The first kappa shape index (κ1) is 17.8. The van der Waals surface area contributed by atoms with E-state index in [1.807, 2.05) is 26.8 Å². The quantitative estimate of drug-likeness (QED) is 0.554. The molecular formula is C20H21N7O. The van der Waals surface area contributed by atoms with Gasteiger partial charge in [0.15, 0.2) is 0 Å². The van der Waals surface area contributed by atoms with E-state index in [9.17, 15) is 0 Å². The van der Waals surface area contributed by atoms with Crippen LogP contribution in [0.1, 0.15) is 35.5 Å². The number of anilines is 2. The molecule has 3 N–H and O–H groups in total. The van der Waals surface area contributed by atoms with E-state index in [4.69, 9.17) is 15.2 Å². The summed E-state index contributed by atoms with van der Waals surface area (Å²) >= 11 is 0. The van der Waals surface area contributed by atoms with E-state index in [2.05, 4.69) is 50.5 Å². The Labute approximate surface area is 162 Å². The molecule has 0 amide bonds. The highest BCUT2D eigenvalue weighted by Crippen LogP contribution is 2.35. The summed E-state index contributed by atoms with van der Waals surface area (Å²) in [5, 5.41) is 8.46. The van der Waals surface area contributed by atoms with Gasteiger partial charge in [0.25, 0.3) is 0 Å². The molecule has 8 nitrogen and oxygen atoms in total. The van der Waals surface area contributed by atoms with Gasteiger partial charge in [0.2, 0.25) is 11.9 Å². The lowest BCUT2D eigenvalue weighted by molar-refractivity contribution is 0.393. The van der Waals surface area contributed by atoms with Crippen LogP contribution in [0, 0.1) is 20.8 Å². The minimum absolute atomic E-state index is 0.136. The van der Waals surface area contributed by atoms with Gasteiger partial charge in [-0.2, -0.15) is 4.98 Å². The van der Waals surface area contributed by atoms with Gasteiger partial charge >= 0.3 is 0 Å². The molecule has 3 aromatic heterocycles. The molecule has 0 saturated carbocycles. The molecule has 1 aromatic carbocycles. The predicted molar refractivity (Wildman–Crippen MR) is 108 cm³/mol. The molecule has 0 fully saturated rings. The van der Waals surface area contributed by atoms with Crippen molar-refractivity contribution in [2.24, 2.45) is 0 Å². The van der Waals surface area contributed by atoms with Gasteiger partial charge in [0.1, 0.15) is 12.1 Å². The zero-order valence-corrected chi connectivity index (χ0v) is 16.2. The fourth-order valence-electron chi connectivity index (χ4n) is 3.36. The Balaban J connectivity index is 1.89. The van der Waals surface area contributed by atoms with Crippen molar-refractivity contribution in [3.8, 4) is 11.3 Å². The summed E-state index contributed by atoms with van der Waals surface area (Å²) in [4.78, 5) is 17.1. The van der Waals surface area contributed by atoms with Crippen LogP contribution in [-0.2, 0) is 0 Å². The molecule has 0 unspecified atom stereocenters. The van der Waals surface area contributed by atoms with Gasteiger partial charge in [0.05, 0.1) is 28.5 Å². The lowest BCUT2D eigenvalue weighted by Crippen LogP contribution is -2.13. The van der Waals surface area contributed by atoms with Crippen molar-refractivity contribution < 1.29 is 4.52 Å². The van der Waals surface area contributed by atoms with Crippen molar-refractivity contribution >= 4 is 22.8 Å². The molecule has 0 spiro atoms. The van der Waals surface area contributed by atoms with Crippen LogP contribution in [0.25, 0.3) is 22.2 Å². The number of fused-ring (bicyclic) bond motifs is 1. The number of pyridine rings is 1. The molecule has 1 atom stereocenters. The molecule has 0 aliphatic carbocycles. The molecule has 142 valence electrons.